The van der Waals surface area contributed by atoms with Gasteiger partial charge in [-0.2, -0.15) is 0 Å². The van der Waals surface area contributed by atoms with E-state index in [0.717, 1.165) is 22.3 Å². The van der Waals surface area contributed by atoms with E-state index in [2.05, 4.69) is 26.7 Å². The molecule has 5 rings (SSSR count). The first-order valence-electron chi connectivity index (χ1n) is 11.6. The van der Waals surface area contributed by atoms with Gasteiger partial charge in [0.2, 0.25) is 0 Å². The van der Waals surface area contributed by atoms with Crippen molar-refractivity contribution in [3.63, 3.8) is 0 Å². The quantitative estimate of drug-likeness (QED) is 0.480. The number of anilines is 2. The molecule has 1 aliphatic heterocycles. The van der Waals surface area contributed by atoms with Gasteiger partial charge in [-0.15, -0.1) is 0 Å². The molecule has 3 aromatic rings. The maximum atomic E-state index is 13.2. The third-order valence-electron chi connectivity index (χ3n) is 6.62. The van der Waals surface area contributed by atoms with Crippen molar-refractivity contribution in [2.45, 2.75) is 25.5 Å². The fraction of sp³-hybridized carbons (Fsp3) is 0.269. The topological polar surface area (TPSA) is 140 Å². The number of aryl methyl sites for hydroxylation is 1. The van der Waals surface area contributed by atoms with Gasteiger partial charge in [-0.05, 0) is 41.3 Å². The number of amides is 3. The number of ether oxygens (including phenoxy) is 1. The molecular weight excluding hydrogens is 460 g/mol. The van der Waals surface area contributed by atoms with Crippen LogP contribution in [0.1, 0.15) is 33.2 Å². The van der Waals surface area contributed by atoms with E-state index in [0.29, 0.717) is 42.3 Å². The van der Waals surface area contributed by atoms with Crippen molar-refractivity contribution in [3.8, 4) is 11.1 Å². The highest BCUT2D eigenvalue weighted by atomic mass is 16.5. The predicted octanol–water partition coefficient (Wildman–Crippen LogP) is 1.86. The molecule has 2 aromatic heterocycles. The van der Waals surface area contributed by atoms with Crippen LogP contribution in [-0.2, 0) is 20.7 Å². The summed E-state index contributed by atoms with van der Waals surface area (Å²) in [5.41, 5.74) is 11.1. The van der Waals surface area contributed by atoms with Crippen LogP contribution in [0, 0.1) is 6.92 Å². The molecule has 0 spiro atoms. The van der Waals surface area contributed by atoms with E-state index in [9.17, 15) is 14.4 Å². The van der Waals surface area contributed by atoms with Gasteiger partial charge in [-0.25, -0.2) is 4.98 Å². The number of hydrogen-bond acceptors (Lipinski definition) is 7. The molecule has 10 nitrogen and oxygen atoms in total. The highest BCUT2D eigenvalue weighted by Crippen LogP contribution is 2.41. The lowest BCUT2D eigenvalue weighted by atomic mass is 9.99. The Morgan fingerprint density at radius 1 is 1.08 bits per heavy atom. The van der Waals surface area contributed by atoms with Gasteiger partial charge >= 0.3 is 11.8 Å². The summed E-state index contributed by atoms with van der Waals surface area (Å²) >= 11 is 0. The lowest BCUT2D eigenvalue weighted by Gasteiger charge is -2.37. The smallest absolute Gasteiger partial charge is 0.313 e. The van der Waals surface area contributed by atoms with Crippen LogP contribution in [0.25, 0.3) is 11.1 Å². The number of rotatable bonds is 3. The fourth-order valence-electron chi connectivity index (χ4n) is 4.76. The number of pyridine rings is 2. The number of nitrogens with zero attached hydrogens (tertiary/aromatic N) is 3. The van der Waals surface area contributed by atoms with Crippen LogP contribution in [-0.4, -0.2) is 58.9 Å². The molecular formula is C26H26N6O4. The summed E-state index contributed by atoms with van der Waals surface area (Å²) in [5, 5.41) is 5.19. The van der Waals surface area contributed by atoms with Crippen LogP contribution in [0.4, 0.5) is 11.5 Å². The first-order chi connectivity index (χ1) is 17.4. The van der Waals surface area contributed by atoms with Gasteiger partial charge in [0.15, 0.2) is 0 Å². The molecule has 3 heterocycles. The summed E-state index contributed by atoms with van der Waals surface area (Å²) in [6, 6.07) is 10.9. The molecule has 0 bridgehead atoms. The SMILES string of the molecule is CNC(=O)c1ccc(-c2ccc3c(c2)CC2OCCN(C(=O)C(=O)Nc4cnc(N)c(C)c4)C32)cn1. The van der Waals surface area contributed by atoms with Crippen LogP contribution in [0.3, 0.4) is 0 Å². The summed E-state index contributed by atoms with van der Waals surface area (Å²) in [7, 11) is 1.56. The van der Waals surface area contributed by atoms with Crippen LogP contribution in [0.2, 0.25) is 0 Å². The van der Waals surface area contributed by atoms with E-state index in [4.69, 9.17) is 10.5 Å². The minimum Gasteiger partial charge on any atom is -0.383 e. The largest absolute Gasteiger partial charge is 0.383 e. The summed E-state index contributed by atoms with van der Waals surface area (Å²) in [6.07, 6.45) is 3.50. The van der Waals surface area contributed by atoms with Crippen LogP contribution >= 0.6 is 0 Å². The van der Waals surface area contributed by atoms with Crippen molar-refractivity contribution in [1.82, 2.24) is 20.2 Å². The number of fused-ring (bicyclic) bond motifs is 3. The summed E-state index contributed by atoms with van der Waals surface area (Å²) in [4.78, 5) is 47.6. The Bertz CT molecular complexity index is 1360. The highest BCUT2D eigenvalue weighted by Gasteiger charge is 2.43. The zero-order chi connectivity index (χ0) is 25.4. The van der Waals surface area contributed by atoms with Gasteiger partial charge in [-0.3, -0.25) is 19.4 Å². The molecule has 2 aliphatic rings. The second kappa shape index (κ2) is 9.38. The van der Waals surface area contributed by atoms with Crippen molar-refractivity contribution in [2.75, 3.05) is 31.2 Å². The molecule has 1 saturated heterocycles. The van der Waals surface area contributed by atoms with Crippen molar-refractivity contribution in [2.24, 2.45) is 0 Å². The van der Waals surface area contributed by atoms with Gasteiger partial charge in [-0.1, -0.05) is 24.3 Å². The number of hydrogen-bond donors (Lipinski definition) is 3. The van der Waals surface area contributed by atoms with E-state index in [1.165, 1.54) is 6.20 Å². The number of aromatic nitrogens is 2. The summed E-state index contributed by atoms with van der Waals surface area (Å²) in [6.45, 7) is 2.45. The molecule has 1 aromatic carbocycles. The van der Waals surface area contributed by atoms with Gasteiger partial charge in [0.1, 0.15) is 11.5 Å². The second-order valence-corrected chi connectivity index (χ2v) is 8.86. The first-order valence-corrected chi connectivity index (χ1v) is 11.6. The molecule has 36 heavy (non-hydrogen) atoms. The second-order valence-electron chi connectivity index (χ2n) is 8.86. The van der Waals surface area contributed by atoms with Crippen LogP contribution in [0.5, 0.6) is 0 Å². The lowest BCUT2D eigenvalue weighted by Crippen LogP contribution is -2.50. The van der Waals surface area contributed by atoms with E-state index in [1.807, 2.05) is 18.2 Å². The van der Waals surface area contributed by atoms with E-state index in [1.54, 1.807) is 37.2 Å². The van der Waals surface area contributed by atoms with E-state index in [-0.39, 0.29) is 18.1 Å². The number of carbonyl (C=O) groups excluding carboxylic acids is 3. The summed E-state index contributed by atoms with van der Waals surface area (Å²) in [5.74, 6) is -1.22. The Labute approximate surface area is 207 Å². The Morgan fingerprint density at radius 3 is 2.61 bits per heavy atom. The molecule has 2 atom stereocenters. The van der Waals surface area contributed by atoms with Gasteiger partial charge in [0.25, 0.3) is 5.91 Å². The van der Waals surface area contributed by atoms with Crippen LogP contribution in [0.15, 0.2) is 48.8 Å². The van der Waals surface area contributed by atoms with Crippen LogP contribution < -0.4 is 16.4 Å². The Morgan fingerprint density at radius 2 is 1.89 bits per heavy atom. The van der Waals surface area contributed by atoms with Crippen molar-refractivity contribution >= 4 is 29.2 Å². The maximum Gasteiger partial charge on any atom is 0.313 e. The number of benzene rings is 1. The predicted molar refractivity (Wildman–Crippen MR) is 133 cm³/mol. The van der Waals surface area contributed by atoms with Gasteiger partial charge in [0.05, 0.1) is 30.6 Å². The minimum atomic E-state index is -0.728. The average molecular weight is 487 g/mol. The average Bonchev–Trinajstić information content (AvgIpc) is 3.28. The molecule has 1 fully saturated rings. The van der Waals surface area contributed by atoms with Crippen molar-refractivity contribution in [3.05, 3.63) is 71.2 Å². The zero-order valence-electron chi connectivity index (χ0n) is 19.9. The lowest BCUT2D eigenvalue weighted by molar-refractivity contribution is -0.153. The molecule has 10 heteroatoms. The molecule has 184 valence electrons. The number of nitrogens with two attached hydrogens (primary N) is 1. The molecule has 1 aliphatic carbocycles. The standard InChI is InChI=1S/C26H26N6O4/c1-14-9-18(13-30-23(14)27)31-25(34)26(35)32-7-8-36-21-11-17-10-15(3-5-19(17)22(21)32)16-4-6-20(29-12-16)24(33)28-2/h3-6,9-10,12-13,21-22H,7-8,11H2,1-2H3,(H2,27,30)(H,28,33)(H,31,34). The van der Waals surface area contributed by atoms with E-state index < -0.39 is 11.8 Å². The number of carbonyl (C=O) groups is 3. The van der Waals surface area contributed by atoms with Crippen molar-refractivity contribution in [1.29, 1.82) is 0 Å². The number of nitrogens with one attached hydrogen (secondary N) is 2. The van der Waals surface area contributed by atoms with Gasteiger partial charge in [0, 0.05) is 31.8 Å². The zero-order valence-corrected chi connectivity index (χ0v) is 19.9. The first kappa shape index (κ1) is 23.4. The number of nitrogen functional groups attached to an aromatic ring is 1. The Kier molecular flexibility index (Phi) is 6.11. The van der Waals surface area contributed by atoms with E-state index >= 15 is 0 Å². The van der Waals surface area contributed by atoms with Crippen molar-refractivity contribution < 1.29 is 19.1 Å². The number of morpholine rings is 1. The Hall–Kier alpha value is -4.31. The third-order valence-corrected chi connectivity index (χ3v) is 6.62. The molecule has 2 unspecified atom stereocenters. The monoisotopic (exact) mass is 486 g/mol. The normalized spacial score (nSPS) is 18.2. The van der Waals surface area contributed by atoms with Gasteiger partial charge < -0.3 is 26.0 Å². The molecule has 3 amide bonds. The minimum absolute atomic E-state index is 0.227. The fourth-order valence-corrected chi connectivity index (χ4v) is 4.76. The Balaban J connectivity index is 1.36. The molecule has 4 N–H and O–H groups in total. The summed E-state index contributed by atoms with van der Waals surface area (Å²) < 4.78 is 5.99. The highest BCUT2D eigenvalue weighted by molar-refractivity contribution is 6.39. The maximum absolute atomic E-state index is 13.2. The molecule has 0 saturated carbocycles. The third kappa shape index (κ3) is 4.27. The molecule has 0 radical (unpaired) electrons.